The lowest BCUT2D eigenvalue weighted by molar-refractivity contribution is 0.120. The summed E-state index contributed by atoms with van der Waals surface area (Å²) in [6.07, 6.45) is 11.9. The van der Waals surface area contributed by atoms with Gasteiger partial charge in [0.05, 0.1) is 11.5 Å². The van der Waals surface area contributed by atoms with Crippen LogP contribution in [0.1, 0.15) is 44.9 Å². The average Bonchev–Trinajstić information content (AvgIpc) is 3.40. The summed E-state index contributed by atoms with van der Waals surface area (Å²) in [4.78, 5) is 8.84. The Morgan fingerprint density at radius 2 is 1.97 bits per heavy atom. The summed E-state index contributed by atoms with van der Waals surface area (Å²) in [5.74, 6) is 1.59. The molecule has 1 atom stereocenters. The van der Waals surface area contributed by atoms with Crippen LogP contribution in [0.15, 0.2) is 53.2 Å². The highest BCUT2D eigenvalue weighted by Crippen LogP contribution is 2.38. The monoisotopic (exact) mass is 405 g/mol. The van der Waals surface area contributed by atoms with Crippen molar-refractivity contribution in [3.05, 3.63) is 60.1 Å². The molecule has 0 amide bonds. The maximum absolute atomic E-state index is 6.04. The van der Waals surface area contributed by atoms with Gasteiger partial charge in [0, 0.05) is 18.7 Å². The van der Waals surface area contributed by atoms with Crippen LogP contribution in [-0.4, -0.2) is 29.2 Å². The van der Waals surface area contributed by atoms with Gasteiger partial charge in [-0.2, -0.15) is 0 Å². The number of hydrogen-bond donors (Lipinski definition) is 1. The van der Waals surface area contributed by atoms with E-state index in [4.69, 9.17) is 9.15 Å². The van der Waals surface area contributed by atoms with E-state index in [0.717, 1.165) is 54.1 Å². The Morgan fingerprint density at radius 3 is 2.63 bits per heavy atom. The number of aromatic nitrogens is 2. The van der Waals surface area contributed by atoms with Crippen LogP contribution in [-0.2, 0) is 4.74 Å². The van der Waals surface area contributed by atoms with Gasteiger partial charge in [0.25, 0.3) is 0 Å². The Kier molecular flexibility index (Phi) is 7.80. The predicted octanol–water partition coefficient (Wildman–Crippen LogP) is 6.40. The Morgan fingerprint density at radius 1 is 1.13 bits per heavy atom. The maximum atomic E-state index is 6.04. The van der Waals surface area contributed by atoms with Gasteiger partial charge >= 0.3 is 0 Å². The molecule has 1 aromatic carbocycles. The smallest absolute Gasteiger partial charge is 0.232 e. The first kappa shape index (κ1) is 21.8. The summed E-state index contributed by atoms with van der Waals surface area (Å²) in [5.41, 5.74) is 3.93. The first-order valence-electron chi connectivity index (χ1n) is 10.6. The number of fused-ring (bicyclic) bond motifs is 1. The van der Waals surface area contributed by atoms with Crippen LogP contribution in [0.25, 0.3) is 28.3 Å². The first-order chi connectivity index (χ1) is 14.7. The molecule has 1 N–H and O–H groups in total. The molecule has 5 nitrogen and oxygen atoms in total. The van der Waals surface area contributed by atoms with Crippen molar-refractivity contribution >= 4 is 23.0 Å². The minimum atomic E-state index is 0.240. The second-order valence-corrected chi connectivity index (χ2v) is 7.30. The predicted molar refractivity (Wildman–Crippen MR) is 125 cm³/mol. The van der Waals surface area contributed by atoms with E-state index in [2.05, 4.69) is 46.5 Å². The molecule has 1 fully saturated rings. The van der Waals surface area contributed by atoms with Crippen molar-refractivity contribution in [1.82, 2.24) is 9.97 Å². The number of allylic oxidation sites excluding steroid dienone is 3. The summed E-state index contributed by atoms with van der Waals surface area (Å²) in [6, 6.07) is 8.41. The van der Waals surface area contributed by atoms with Gasteiger partial charge in [-0.1, -0.05) is 48.1 Å². The lowest BCUT2D eigenvalue weighted by atomic mass is 10.0. The number of hydrogen-bond acceptors (Lipinski definition) is 5. The molecule has 1 unspecified atom stereocenters. The minimum absolute atomic E-state index is 0.240. The minimum Gasteiger partial charge on any atom is -0.437 e. The number of rotatable bonds is 5. The summed E-state index contributed by atoms with van der Waals surface area (Å²) in [7, 11) is 0. The van der Waals surface area contributed by atoms with Crippen LogP contribution in [0.4, 0.5) is 5.82 Å². The van der Waals surface area contributed by atoms with Crippen LogP contribution in [0.3, 0.4) is 0 Å². The molecule has 158 valence electrons. The van der Waals surface area contributed by atoms with Crippen LogP contribution in [0.2, 0.25) is 0 Å². The van der Waals surface area contributed by atoms with E-state index in [1.807, 2.05) is 45.1 Å². The Bertz CT molecular complexity index is 1010. The van der Waals surface area contributed by atoms with Crippen molar-refractivity contribution < 1.29 is 9.15 Å². The topological polar surface area (TPSA) is 60.2 Å². The third-order valence-electron chi connectivity index (χ3n) is 4.99. The van der Waals surface area contributed by atoms with E-state index < -0.39 is 0 Å². The van der Waals surface area contributed by atoms with Crippen LogP contribution in [0.5, 0.6) is 0 Å². The third-order valence-corrected chi connectivity index (χ3v) is 4.99. The van der Waals surface area contributed by atoms with Gasteiger partial charge in [-0.25, -0.2) is 9.97 Å². The fourth-order valence-electron chi connectivity index (χ4n) is 3.46. The standard InChI is InChI=1S/C21H23N3O2.C4H8/c1-3-6-17-18(15-8-4-7-14(2)11-15)19-20(23-13-24-21(19)26-17)22-12-16-9-5-10-25-16;1-3-4-2/h3-4,6-8,11,13,16H,5,9-10,12H2,1-2H3,(H,22,23,24);3-4H,1-2H3/b6-3+;4-3-. The lowest BCUT2D eigenvalue weighted by Crippen LogP contribution is -2.19. The van der Waals surface area contributed by atoms with Gasteiger partial charge in [0.15, 0.2) is 0 Å². The molecule has 0 bridgehead atoms. The van der Waals surface area contributed by atoms with Gasteiger partial charge in [-0.05, 0) is 52.2 Å². The van der Waals surface area contributed by atoms with Gasteiger partial charge in [0.2, 0.25) is 5.71 Å². The van der Waals surface area contributed by atoms with Gasteiger partial charge in [0.1, 0.15) is 17.9 Å². The summed E-state index contributed by atoms with van der Waals surface area (Å²) < 4.78 is 11.8. The average molecular weight is 406 g/mol. The van der Waals surface area contributed by atoms with Crippen molar-refractivity contribution in [3.63, 3.8) is 0 Å². The van der Waals surface area contributed by atoms with Crippen LogP contribution < -0.4 is 5.32 Å². The quantitative estimate of drug-likeness (QED) is 0.497. The molecule has 3 aromatic rings. The van der Waals surface area contributed by atoms with E-state index in [9.17, 15) is 0 Å². The molecule has 1 aliphatic heterocycles. The SMILES string of the molecule is C/C=C/c1oc2ncnc(NCC3CCCO3)c2c1-c1cccc(C)c1.C/C=C\C. The van der Waals surface area contributed by atoms with Crippen molar-refractivity contribution in [1.29, 1.82) is 0 Å². The molecular formula is C25H31N3O2. The number of nitrogens with zero attached hydrogens (tertiary/aromatic N) is 2. The number of anilines is 1. The highest BCUT2D eigenvalue weighted by molar-refractivity contribution is 6.03. The number of ether oxygens (including phenoxy) is 1. The molecule has 0 radical (unpaired) electrons. The molecular weight excluding hydrogens is 374 g/mol. The fourth-order valence-corrected chi connectivity index (χ4v) is 3.46. The molecule has 1 aliphatic rings. The van der Waals surface area contributed by atoms with Crippen molar-refractivity contribution in [2.24, 2.45) is 0 Å². The van der Waals surface area contributed by atoms with Crippen LogP contribution >= 0.6 is 0 Å². The number of benzene rings is 1. The summed E-state index contributed by atoms with van der Waals surface area (Å²) in [6.45, 7) is 9.66. The van der Waals surface area contributed by atoms with E-state index in [1.54, 1.807) is 6.33 Å². The zero-order valence-electron chi connectivity index (χ0n) is 18.3. The van der Waals surface area contributed by atoms with Crippen molar-refractivity contribution in [2.45, 2.75) is 46.6 Å². The Hall–Kier alpha value is -2.92. The molecule has 2 aromatic heterocycles. The summed E-state index contributed by atoms with van der Waals surface area (Å²) in [5, 5.41) is 4.37. The zero-order valence-corrected chi connectivity index (χ0v) is 18.3. The van der Waals surface area contributed by atoms with Crippen molar-refractivity contribution in [3.8, 4) is 11.1 Å². The fraction of sp³-hybridized carbons (Fsp3) is 0.360. The number of nitrogens with one attached hydrogen (secondary N) is 1. The second kappa shape index (κ2) is 10.7. The molecule has 3 heterocycles. The third kappa shape index (κ3) is 5.16. The van der Waals surface area contributed by atoms with E-state index in [0.29, 0.717) is 5.71 Å². The number of aryl methyl sites for hydroxylation is 1. The molecule has 0 aliphatic carbocycles. The van der Waals surface area contributed by atoms with E-state index in [-0.39, 0.29) is 6.10 Å². The maximum Gasteiger partial charge on any atom is 0.232 e. The van der Waals surface area contributed by atoms with Gasteiger partial charge in [-0.15, -0.1) is 0 Å². The second-order valence-electron chi connectivity index (χ2n) is 7.30. The van der Waals surface area contributed by atoms with E-state index in [1.165, 1.54) is 5.56 Å². The molecule has 4 rings (SSSR count). The van der Waals surface area contributed by atoms with Crippen molar-refractivity contribution in [2.75, 3.05) is 18.5 Å². The molecule has 30 heavy (non-hydrogen) atoms. The largest absolute Gasteiger partial charge is 0.437 e. The molecule has 5 heteroatoms. The highest BCUT2D eigenvalue weighted by atomic mass is 16.5. The first-order valence-corrected chi connectivity index (χ1v) is 10.6. The molecule has 0 saturated carbocycles. The number of furan rings is 1. The van der Waals surface area contributed by atoms with Gasteiger partial charge in [-0.3, -0.25) is 0 Å². The lowest BCUT2D eigenvalue weighted by Gasteiger charge is -2.12. The van der Waals surface area contributed by atoms with Crippen LogP contribution in [0, 0.1) is 6.92 Å². The zero-order chi connectivity index (χ0) is 21.3. The Balaban J connectivity index is 0.000000589. The normalized spacial score (nSPS) is 16.3. The highest BCUT2D eigenvalue weighted by Gasteiger charge is 2.21. The molecule has 0 spiro atoms. The van der Waals surface area contributed by atoms with Gasteiger partial charge < -0.3 is 14.5 Å². The summed E-state index contributed by atoms with van der Waals surface area (Å²) >= 11 is 0. The Labute approximate surface area is 178 Å². The van der Waals surface area contributed by atoms with E-state index >= 15 is 0 Å². The molecule has 1 saturated heterocycles.